The maximum absolute atomic E-state index is 9.54. The van der Waals surface area contributed by atoms with Crippen molar-refractivity contribution < 1.29 is 38.3 Å². The van der Waals surface area contributed by atoms with Gasteiger partial charge in [-0.1, -0.05) is 0 Å². The monoisotopic (exact) mass is 339 g/mol. The fraction of sp³-hybridized carbons (Fsp3) is 1.00. The first-order valence-corrected chi connectivity index (χ1v) is 6.24. The molecule has 0 aliphatic carbocycles. The molecule has 0 spiro atoms. The Kier molecular flexibility index (Phi) is 3.57. The van der Waals surface area contributed by atoms with Crippen molar-refractivity contribution in [1.29, 1.82) is 0 Å². The van der Waals surface area contributed by atoms with Crippen LogP contribution >= 0.6 is 0 Å². The molecule has 1 N–H and O–H groups in total. The molecule has 0 aromatic rings. The van der Waals surface area contributed by atoms with Gasteiger partial charge in [-0.2, -0.15) is 0 Å². The summed E-state index contributed by atoms with van der Waals surface area (Å²) in [6.07, 6.45) is 3.48. The molecule has 0 saturated carbocycles. The molecule has 0 radical (unpaired) electrons. The Hall–Kier alpha value is 0.610. The summed E-state index contributed by atoms with van der Waals surface area (Å²) >= 11 is 0. The number of hydrogen-bond donors (Lipinski definition) is 1. The van der Waals surface area contributed by atoms with Gasteiger partial charge in [0.2, 0.25) is 0 Å². The zero-order chi connectivity index (χ0) is 10.6. The van der Waals surface area contributed by atoms with Gasteiger partial charge in [0.25, 0.3) is 0 Å². The van der Waals surface area contributed by atoms with Gasteiger partial charge in [-0.05, 0) is 19.8 Å². The third-order valence-corrected chi connectivity index (χ3v) is 4.60. The van der Waals surface area contributed by atoms with Gasteiger partial charge in [-0.3, -0.25) is 0 Å². The number of aliphatic hydroxyl groups is 1. The molecule has 3 fully saturated rings. The van der Waals surface area contributed by atoms with Gasteiger partial charge in [0.1, 0.15) is 12.6 Å². The van der Waals surface area contributed by atoms with Gasteiger partial charge in [0, 0.05) is 11.8 Å². The van der Waals surface area contributed by atoms with Crippen molar-refractivity contribution >= 4 is 0 Å². The average molecular weight is 339 g/mol. The quantitative estimate of drug-likeness (QED) is 0.450. The maximum Gasteiger partial charge on any atom is 0.105 e. The third-order valence-electron chi connectivity index (χ3n) is 4.60. The highest BCUT2D eigenvalue weighted by Gasteiger charge is 2.58. The molecule has 5 atom stereocenters. The molecule has 3 saturated heterocycles. The molecule has 4 heteroatoms. The normalized spacial score (nSPS) is 51.2. The van der Waals surface area contributed by atoms with E-state index in [1.165, 1.54) is 25.9 Å². The van der Waals surface area contributed by atoms with Gasteiger partial charge < -0.3 is 38.3 Å². The minimum atomic E-state index is -0.174. The van der Waals surface area contributed by atoms with Gasteiger partial charge in [-0.15, -0.1) is 0 Å². The van der Waals surface area contributed by atoms with Crippen LogP contribution in [-0.4, -0.2) is 54.6 Å². The van der Waals surface area contributed by atoms with Crippen LogP contribution in [0.2, 0.25) is 0 Å². The first kappa shape index (κ1) is 13.1. The molecule has 2 bridgehead atoms. The van der Waals surface area contributed by atoms with E-state index in [4.69, 9.17) is 4.74 Å². The SMILES string of the molecule is CC(O)C[N+]1(C)CC2C3CCC(O3)C2C1.[I-]. The Bertz CT molecular complexity index is 254. The van der Waals surface area contributed by atoms with Crippen LogP contribution in [0.25, 0.3) is 0 Å². The van der Waals surface area contributed by atoms with Crippen LogP contribution in [0.1, 0.15) is 19.8 Å². The number of rotatable bonds is 2. The van der Waals surface area contributed by atoms with E-state index in [1.807, 2.05) is 6.92 Å². The molecule has 3 aliphatic heterocycles. The molecular weight excluding hydrogens is 317 g/mol. The van der Waals surface area contributed by atoms with E-state index < -0.39 is 0 Å². The van der Waals surface area contributed by atoms with Crippen molar-refractivity contribution in [1.82, 2.24) is 0 Å². The highest BCUT2D eigenvalue weighted by Crippen LogP contribution is 2.48. The minimum Gasteiger partial charge on any atom is -1.00 e. The second-order valence-electron chi connectivity index (χ2n) is 6.13. The van der Waals surface area contributed by atoms with Crippen LogP contribution in [-0.2, 0) is 4.74 Å². The minimum absolute atomic E-state index is 0. The molecule has 3 rings (SSSR count). The summed E-state index contributed by atoms with van der Waals surface area (Å²) in [4.78, 5) is 0. The Balaban J connectivity index is 0.000000963. The topological polar surface area (TPSA) is 29.5 Å². The van der Waals surface area contributed by atoms with Crippen molar-refractivity contribution in [2.24, 2.45) is 11.8 Å². The highest BCUT2D eigenvalue weighted by molar-refractivity contribution is 4.98. The molecule has 3 heterocycles. The first-order chi connectivity index (χ1) is 7.07. The number of aliphatic hydroxyl groups excluding tert-OH is 1. The van der Waals surface area contributed by atoms with Crippen molar-refractivity contribution in [3.63, 3.8) is 0 Å². The molecule has 0 aromatic heterocycles. The van der Waals surface area contributed by atoms with E-state index in [1.54, 1.807) is 0 Å². The summed E-state index contributed by atoms with van der Waals surface area (Å²) in [7, 11) is 2.30. The number of likely N-dealkylation sites (N-methyl/N-ethyl adjacent to an activating group) is 1. The highest BCUT2D eigenvalue weighted by atomic mass is 127. The van der Waals surface area contributed by atoms with Crippen LogP contribution < -0.4 is 24.0 Å². The molecule has 0 amide bonds. The van der Waals surface area contributed by atoms with Gasteiger partial charge in [-0.25, -0.2) is 0 Å². The van der Waals surface area contributed by atoms with Crippen LogP contribution in [0.15, 0.2) is 0 Å². The van der Waals surface area contributed by atoms with Gasteiger partial charge in [0.05, 0.1) is 32.3 Å². The summed E-state index contributed by atoms with van der Waals surface area (Å²) in [6, 6.07) is 0. The van der Waals surface area contributed by atoms with Crippen LogP contribution in [0.5, 0.6) is 0 Å². The fourth-order valence-corrected chi connectivity index (χ4v) is 4.26. The molecule has 94 valence electrons. The molecule has 16 heavy (non-hydrogen) atoms. The largest absolute Gasteiger partial charge is 1.00 e. The predicted octanol–water partition coefficient (Wildman–Crippen LogP) is -2.37. The lowest BCUT2D eigenvalue weighted by molar-refractivity contribution is -0.903. The number of quaternary nitrogens is 1. The fourth-order valence-electron chi connectivity index (χ4n) is 4.26. The smallest absolute Gasteiger partial charge is 0.105 e. The summed E-state index contributed by atoms with van der Waals surface area (Å²) < 4.78 is 7.02. The Labute approximate surface area is 115 Å². The second-order valence-corrected chi connectivity index (χ2v) is 6.13. The van der Waals surface area contributed by atoms with Crippen molar-refractivity contribution in [3.05, 3.63) is 0 Å². The average Bonchev–Trinajstić information content (AvgIpc) is 2.71. The molecule has 0 aromatic carbocycles. The lowest BCUT2D eigenvalue weighted by Gasteiger charge is -2.32. The van der Waals surface area contributed by atoms with Crippen LogP contribution in [0.3, 0.4) is 0 Å². The number of nitrogens with zero attached hydrogens (tertiary/aromatic N) is 1. The lowest BCUT2D eigenvalue weighted by atomic mass is 9.82. The zero-order valence-corrected chi connectivity index (χ0v) is 12.3. The van der Waals surface area contributed by atoms with Crippen LogP contribution in [0.4, 0.5) is 0 Å². The number of fused-ring (bicyclic) bond motifs is 5. The Morgan fingerprint density at radius 3 is 2.19 bits per heavy atom. The summed E-state index contributed by atoms with van der Waals surface area (Å²) in [6.45, 7) is 5.25. The Morgan fingerprint density at radius 2 is 1.75 bits per heavy atom. The Morgan fingerprint density at radius 1 is 1.25 bits per heavy atom. The lowest BCUT2D eigenvalue weighted by Crippen LogP contribution is -3.00. The van der Waals surface area contributed by atoms with E-state index >= 15 is 0 Å². The first-order valence-electron chi connectivity index (χ1n) is 6.24. The predicted molar refractivity (Wildman–Crippen MR) is 57.3 cm³/mol. The summed E-state index contributed by atoms with van der Waals surface area (Å²) in [5.41, 5.74) is 0. The number of halogens is 1. The maximum atomic E-state index is 9.54. The van der Waals surface area contributed by atoms with Crippen molar-refractivity contribution in [2.45, 2.75) is 38.1 Å². The third kappa shape index (κ3) is 2.02. The molecule has 3 aliphatic rings. The van der Waals surface area contributed by atoms with E-state index in [0.29, 0.717) is 12.2 Å². The van der Waals surface area contributed by atoms with Gasteiger partial charge in [0.15, 0.2) is 0 Å². The number of likely N-dealkylation sites (tertiary alicyclic amines) is 1. The van der Waals surface area contributed by atoms with Gasteiger partial charge >= 0.3 is 0 Å². The van der Waals surface area contributed by atoms with Crippen molar-refractivity contribution in [3.8, 4) is 0 Å². The molecule has 5 unspecified atom stereocenters. The van der Waals surface area contributed by atoms with E-state index in [0.717, 1.165) is 22.9 Å². The molecular formula is C12H22INO2. The second kappa shape index (κ2) is 4.37. The van der Waals surface area contributed by atoms with E-state index in [-0.39, 0.29) is 30.1 Å². The standard InChI is InChI=1S/C12H22NO2.HI/c1-8(14)5-13(2)6-9-10(7-13)12-4-3-11(9)15-12;/h8-12,14H,3-7H2,1-2H3;1H/q+1;/p-1. The summed E-state index contributed by atoms with van der Waals surface area (Å²) in [5, 5.41) is 9.54. The van der Waals surface area contributed by atoms with Crippen molar-refractivity contribution in [2.75, 3.05) is 26.7 Å². The number of ether oxygens (including phenoxy) is 1. The van der Waals surface area contributed by atoms with E-state index in [9.17, 15) is 5.11 Å². The number of hydrogen-bond acceptors (Lipinski definition) is 2. The van der Waals surface area contributed by atoms with Crippen LogP contribution in [0, 0.1) is 11.8 Å². The summed E-state index contributed by atoms with van der Waals surface area (Å²) in [5.74, 6) is 1.57. The zero-order valence-electron chi connectivity index (χ0n) is 10.1. The van der Waals surface area contributed by atoms with E-state index in [2.05, 4.69) is 7.05 Å². The molecule has 3 nitrogen and oxygen atoms in total.